The van der Waals surface area contributed by atoms with Gasteiger partial charge in [0, 0.05) is 23.9 Å². The number of benzene rings is 3. The van der Waals surface area contributed by atoms with Crippen molar-refractivity contribution >= 4 is 23.4 Å². The molecule has 0 bridgehead atoms. The zero-order valence-electron chi connectivity index (χ0n) is 15.5. The molecule has 140 valence electrons. The van der Waals surface area contributed by atoms with Gasteiger partial charge in [0.1, 0.15) is 0 Å². The van der Waals surface area contributed by atoms with Crippen LogP contribution in [0.2, 0.25) is 0 Å². The molecule has 3 aromatic rings. The van der Waals surface area contributed by atoms with Gasteiger partial charge in [-0.3, -0.25) is 14.9 Å². The van der Waals surface area contributed by atoms with Gasteiger partial charge in [-0.2, -0.15) is 0 Å². The number of nitro groups is 1. The van der Waals surface area contributed by atoms with E-state index in [4.69, 9.17) is 0 Å². The number of anilines is 1. The van der Waals surface area contributed by atoms with Gasteiger partial charge in [0.15, 0.2) is 0 Å². The standard InChI is InChI=1S/C23H20N2O3/c1-18-7-12-21(13-8-18)24(17-20-5-3-2-4-6-20)23(26)16-11-19-9-14-22(15-10-19)25(27)28/h2-16H,17H2,1H3/b16-11+. The Kier molecular flexibility index (Phi) is 5.97. The molecule has 0 fully saturated rings. The third kappa shape index (κ3) is 4.92. The Balaban J connectivity index is 1.83. The van der Waals surface area contributed by atoms with E-state index in [0.717, 1.165) is 22.4 Å². The SMILES string of the molecule is Cc1ccc(N(Cc2ccccc2)C(=O)/C=C/c2ccc([N+](=O)[O-])cc2)cc1. The van der Waals surface area contributed by atoms with Crippen LogP contribution >= 0.6 is 0 Å². The Morgan fingerprint density at radius 2 is 1.61 bits per heavy atom. The minimum absolute atomic E-state index is 0.0221. The molecule has 28 heavy (non-hydrogen) atoms. The van der Waals surface area contributed by atoms with Gasteiger partial charge in [-0.05, 0) is 48.4 Å². The molecular weight excluding hydrogens is 352 g/mol. The molecule has 3 aromatic carbocycles. The number of nitrogens with zero attached hydrogens (tertiary/aromatic N) is 2. The maximum atomic E-state index is 12.9. The lowest BCUT2D eigenvalue weighted by Gasteiger charge is -2.22. The van der Waals surface area contributed by atoms with E-state index in [-0.39, 0.29) is 11.6 Å². The van der Waals surface area contributed by atoms with Crippen molar-refractivity contribution in [1.82, 2.24) is 0 Å². The molecule has 5 heteroatoms. The number of rotatable bonds is 6. The number of non-ortho nitro benzene ring substituents is 1. The zero-order chi connectivity index (χ0) is 19.9. The molecule has 0 unspecified atom stereocenters. The van der Waals surface area contributed by atoms with Crippen molar-refractivity contribution in [3.05, 3.63) is 112 Å². The van der Waals surface area contributed by atoms with Crippen molar-refractivity contribution in [2.45, 2.75) is 13.5 Å². The molecule has 0 aliphatic rings. The number of nitro benzene ring substituents is 1. The van der Waals surface area contributed by atoms with Gasteiger partial charge in [-0.1, -0.05) is 48.0 Å². The topological polar surface area (TPSA) is 63.5 Å². The maximum Gasteiger partial charge on any atom is 0.269 e. The molecule has 0 aromatic heterocycles. The molecule has 0 spiro atoms. The first-order chi connectivity index (χ1) is 13.5. The van der Waals surface area contributed by atoms with Crippen molar-refractivity contribution in [2.24, 2.45) is 0 Å². The Bertz CT molecular complexity index is 979. The van der Waals surface area contributed by atoms with Gasteiger partial charge in [0.2, 0.25) is 0 Å². The molecule has 0 heterocycles. The fraction of sp³-hybridized carbons (Fsp3) is 0.0870. The molecular formula is C23H20N2O3. The van der Waals surface area contributed by atoms with Crippen LogP contribution in [0.3, 0.4) is 0 Å². The lowest BCUT2D eigenvalue weighted by molar-refractivity contribution is -0.384. The lowest BCUT2D eigenvalue weighted by atomic mass is 10.1. The third-order valence-corrected chi connectivity index (χ3v) is 4.32. The van der Waals surface area contributed by atoms with Crippen LogP contribution in [-0.2, 0) is 11.3 Å². The highest BCUT2D eigenvalue weighted by Gasteiger charge is 2.14. The molecule has 0 aliphatic carbocycles. The Morgan fingerprint density at radius 1 is 0.964 bits per heavy atom. The molecule has 0 saturated carbocycles. The average molecular weight is 372 g/mol. The Morgan fingerprint density at radius 3 is 2.21 bits per heavy atom. The normalized spacial score (nSPS) is 10.8. The highest BCUT2D eigenvalue weighted by molar-refractivity contribution is 6.03. The van der Waals surface area contributed by atoms with E-state index in [1.807, 2.05) is 61.5 Å². The molecule has 0 atom stereocenters. The van der Waals surface area contributed by atoms with E-state index in [9.17, 15) is 14.9 Å². The van der Waals surface area contributed by atoms with E-state index >= 15 is 0 Å². The summed E-state index contributed by atoms with van der Waals surface area (Å²) in [6.07, 6.45) is 3.15. The summed E-state index contributed by atoms with van der Waals surface area (Å²) in [5, 5.41) is 10.7. The van der Waals surface area contributed by atoms with Gasteiger partial charge in [0.25, 0.3) is 11.6 Å². The smallest absolute Gasteiger partial charge is 0.269 e. The molecule has 0 saturated heterocycles. The Labute approximate surface area is 163 Å². The second-order valence-corrected chi connectivity index (χ2v) is 6.43. The number of amides is 1. The van der Waals surface area contributed by atoms with E-state index in [0.29, 0.717) is 6.54 Å². The largest absolute Gasteiger partial charge is 0.304 e. The van der Waals surface area contributed by atoms with Gasteiger partial charge >= 0.3 is 0 Å². The van der Waals surface area contributed by atoms with Crippen molar-refractivity contribution in [2.75, 3.05) is 4.90 Å². The molecule has 0 aliphatic heterocycles. The van der Waals surface area contributed by atoms with Crippen molar-refractivity contribution in [1.29, 1.82) is 0 Å². The van der Waals surface area contributed by atoms with Gasteiger partial charge < -0.3 is 4.90 Å². The van der Waals surface area contributed by atoms with E-state index in [2.05, 4.69) is 0 Å². The van der Waals surface area contributed by atoms with Crippen LogP contribution in [0, 0.1) is 17.0 Å². The fourth-order valence-corrected chi connectivity index (χ4v) is 2.75. The second-order valence-electron chi connectivity index (χ2n) is 6.43. The van der Waals surface area contributed by atoms with Crippen LogP contribution < -0.4 is 4.90 Å². The predicted octanol–water partition coefficient (Wildman–Crippen LogP) is 5.15. The van der Waals surface area contributed by atoms with E-state index < -0.39 is 4.92 Å². The summed E-state index contributed by atoms with van der Waals surface area (Å²) < 4.78 is 0. The summed E-state index contributed by atoms with van der Waals surface area (Å²) in [6, 6.07) is 23.7. The summed E-state index contributed by atoms with van der Waals surface area (Å²) in [5.41, 5.74) is 3.71. The highest BCUT2D eigenvalue weighted by Crippen LogP contribution is 2.19. The van der Waals surface area contributed by atoms with Crippen LogP contribution in [-0.4, -0.2) is 10.8 Å². The first kappa shape index (κ1) is 19.0. The van der Waals surface area contributed by atoms with Gasteiger partial charge in [-0.15, -0.1) is 0 Å². The minimum atomic E-state index is -0.447. The van der Waals surface area contributed by atoms with Gasteiger partial charge in [-0.25, -0.2) is 0 Å². The highest BCUT2D eigenvalue weighted by atomic mass is 16.6. The number of aryl methyl sites for hydroxylation is 1. The van der Waals surface area contributed by atoms with Crippen LogP contribution in [0.1, 0.15) is 16.7 Å². The van der Waals surface area contributed by atoms with Crippen molar-refractivity contribution < 1.29 is 9.72 Å². The van der Waals surface area contributed by atoms with Crippen molar-refractivity contribution in [3.8, 4) is 0 Å². The zero-order valence-corrected chi connectivity index (χ0v) is 15.5. The monoisotopic (exact) mass is 372 g/mol. The molecule has 1 amide bonds. The third-order valence-electron chi connectivity index (χ3n) is 4.32. The Hall–Kier alpha value is -3.73. The van der Waals surface area contributed by atoms with E-state index in [1.54, 1.807) is 23.1 Å². The number of hydrogen-bond acceptors (Lipinski definition) is 3. The summed E-state index contributed by atoms with van der Waals surface area (Å²) in [7, 11) is 0. The minimum Gasteiger partial charge on any atom is -0.304 e. The number of carbonyl (C=O) groups is 1. The average Bonchev–Trinajstić information content (AvgIpc) is 2.72. The molecule has 5 nitrogen and oxygen atoms in total. The van der Waals surface area contributed by atoms with Gasteiger partial charge in [0.05, 0.1) is 11.5 Å². The summed E-state index contributed by atoms with van der Waals surface area (Å²) in [6.45, 7) is 2.45. The molecule has 0 N–H and O–H groups in total. The summed E-state index contributed by atoms with van der Waals surface area (Å²) in [4.78, 5) is 24.9. The summed E-state index contributed by atoms with van der Waals surface area (Å²) in [5.74, 6) is -0.161. The molecule has 3 rings (SSSR count). The lowest BCUT2D eigenvalue weighted by Crippen LogP contribution is -2.28. The van der Waals surface area contributed by atoms with E-state index in [1.165, 1.54) is 18.2 Å². The van der Waals surface area contributed by atoms with Crippen LogP contribution in [0.15, 0.2) is 84.9 Å². The summed E-state index contributed by atoms with van der Waals surface area (Å²) >= 11 is 0. The molecule has 0 radical (unpaired) electrons. The quantitative estimate of drug-likeness (QED) is 0.341. The van der Waals surface area contributed by atoms with Crippen LogP contribution in [0.25, 0.3) is 6.08 Å². The number of hydrogen-bond donors (Lipinski definition) is 0. The second kappa shape index (κ2) is 8.77. The predicted molar refractivity (Wildman–Crippen MR) is 111 cm³/mol. The first-order valence-electron chi connectivity index (χ1n) is 8.87. The number of carbonyl (C=O) groups excluding carboxylic acids is 1. The maximum absolute atomic E-state index is 12.9. The van der Waals surface area contributed by atoms with Crippen molar-refractivity contribution in [3.63, 3.8) is 0 Å². The van der Waals surface area contributed by atoms with Crippen LogP contribution in [0.4, 0.5) is 11.4 Å². The first-order valence-corrected chi connectivity index (χ1v) is 8.87. The fourth-order valence-electron chi connectivity index (χ4n) is 2.75. The van der Waals surface area contributed by atoms with Crippen LogP contribution in [0.5, 0.6) is 0 Å².